The number of aliphatic hydroxyl groups excluding tert-OH is 2. The molecule has 2 saturated heterocycles. The Labute approximate surface area is 191 Å². The summed E-state index contributed by atoms with van der Waals surface area (Å²) < 4.78 is 13.1. The van der Waals surface area contributed by atoms with Crippen LogP contribution >= 0.6 is 0 Å². The van der Waals surface area contributed by atoms with Crippen LogP contribution in [0.3, 0.4) is 0 Å². The van der Waals surface area contributed by atoms with Gasteiger partial charge in [-0.05, 0) is 73.7 Å². The molecule has 6 rings (SSSR count). The van der Waals surface area contributed by atoms with Crippen LogP contribution in [0.1, 0.15) is 72.6 Å². The Balaban J connectivity index is 1.35. The van der Waals surface area contributed by atoms with Crippen molar-refractivity contribution in [3.63, 3.8) is 0 Å². The van der Waals surface area contributed by atoms with E-state index in [4.69, 9.17) is 9.47 Å². The van der Waals surface area contributed by atoms with Gasteiger partial charge in [-0.15, -0.1) is 0 Å². The van der Waals surface area contributed by atoms with Gasteiger partial charge in [-0.1, -0.05) is 33.3 Å². The summed E-state index contributed by atoms with van der Waals surface area (Å²) in [4.78, 5) is 13.9. The average molecular weight is 445 g/mol. The lowest BCUT2D eigenvalue weighted by Gasteiger charge is -2.57. The molecule has 0 amide bonds. The third-order valence-corrected chi connectivity index (χ3v) is 11.2. The minimum absolute atomic E-state index is 0.0920. The second-order valence-electron chi connectivity index (χ2n) is 12.7. The zero-order valence-electron chi connectivity index (χ0n) is 20.0. The van der Waals surface area contributed by atoms with E-state index in [1.807, 2.05) is 6.08 Å². The summed E-state index contributed by atoms with van der Waals surface area (Å²) >= 11 is 0. The van der Waals surface area contributed by atoms with E-state index >= 15 is 0 Å². The Morgan fingerprint density at radius 2 is 1.84 bits per heavy atom. The van der Waals surface area contributed by atoms with Crippen molar-refractivity contribution in [1.29, 1.82) is 0 Å². The fraction of sp³-hybridized carbons (Fsp3) is 0.889. The lowest BCUT2D eigenvalue weighted by Crippen LogP contribution is -2.55. The SMILES string of the molecule is C[C@H]1CC[C@@]2(OC1)O[C@H]1C[C@H]3[C@@H]4CC[C@H]5C[C@@H](O)[C@H](O)C[C@]5(C)C4=CC(=O)[C@]3(C)[C@H]1[C@@H]2C. The molecule has 2 heterocycles. The number of ether oxygens (including phenoxy) is 2. The van der Waals surface area contributed by atoms with E-state index in [1.165, 1.54) is 5.57 Å². The van der Waals surface area contributed by atoms with Crippen LogP contribution < -0.4 is 0 Å². The monoisotopic (exact) mass is 444 g/mol. The maximum Gasteiger partial charge on any atom is 0.171 e. The van der Waals surface area contributed by atoms with Gasteiger partial charge < -0.3 is 19.7 Å². The van der Waals surface area contributed by atoms with E-state index in [0.717, 1.165) is 38.7 Å². The predicted octanol–water partition coefficient (Wildman–Crippen LogP) is 3.86. The number of allylic oxidation sites excluding steroid dienone is 2. The first-order chi connectivity index (χ1) is 15.1. The molecule has 5 nitrogen and oxygen atoms in total. The highest BCUT2D eigenvalue weighted by atomic mass is 16.7. The molecule has 5 fully saturated rings. The molecule has 0 aromatic rings. The van der Waals surface area contributed by atoms with Crippen LogP contribution in [0.4, 0.5) is 0 Å². The summed E-state index contributed by atoms with van der Waals surface area (Å²) in [5, 5.41) is 20.8. The standard InChI is InChI=1S/C27H40O5/c1-14-7-8-27(31-13-14)15(2)24-22(32-27)10-19-17-6-5-16-9-20(28)21(29)12-25(16,3)18(17)11-23(30)26(19,24)4/h11,14-17,19-22,24,28-29H,5-10,12-13H2,1-4H3/t14-,15-,16-,17+,19-,20+,21+,22-,24-,25-,26+,27+/m0/s1. The molecular weight excluding hydrogens is 404 g/mol. The maximum absolute atomic E-state index is 13.9. The number of fused-ring (bicyclic) bond motifs is 7. The molecule has 12 atom stereocenters. The molecule has 0 aromatic carbocycles. The fourth-order valence-corrected chi connectivity index (χ4v) is 9.32. The summed E-state index contributed by atoms with van der Waals surface area (Å²) in [6, 6.07) is 0. The minimum Gasteiger partial charge on any atom is -0.390 e. The second-order valence-corrected chi connectivity index (χ2v) is 12.7. The van der Waals surface area contributed by atoms with Crippen molar-refractivity contribution >= 4 is 5.78 Å². The molecule has 32 heavy (non-hydrogen) atoms. The van der Waals surface area contributed by atoms with Gasteiger partial charge in [-0.25, -0.2) is 0 Å². The molecule has 0 radical (unpaired) electrons. The third-order valence-electron chi connectivity index (χ3n) is 11.2. The number of ketones is 1. The summed E-state index contributed by atoms with van der Waals surface area (Å²) in [7, 11) is 0. The first kappa shape index (κ1) is 21.8. The normalized spacial score (nSPS) is 59.2. The Morgan fingerprint density at radius 1 is 1.06 bits per heavy atom. The molecule has 3 saturated carbocycles. The molecule has 0 bridgehead atoms. The fourth-order valence-electron chi connectivity index (χ4n) is 9.32. The van der Waals surface area contributed by atoms with Gasteiger partial charge in [0, 0.05) is 23.7 Å². The minimum atomic E-state index is -0.698. The summed E-state index contributed by atoms with van der Waals surface area (Å²) in [5.74, 6) is 1.77. The predicted molar refractivity (Wildman–Crippen MR) is 119 cm³/mol. The number of hydrogen-bond donors (Lipinski definition) is 2. The lowest BCUT2D eigenvalue weighted by atomic mass is 9.47. The van der Waals surface area contributed by atoms with E-state index in [0.29, 0.717) is 36.5 Å². The van der Waals surface area contributed by atoms with Gasteiger partial charge in [0.15, 0.2) is 11.6 Å². The highest BCUT2D eigenvalue weighted by molar-refractivity contribution is 5.97. The molecule has 1 spiro atoms. The summed E-state index contributed by atoms with van der Waals surface area (Å²) in [5.41, 5.74) is 0.675. The van der Waals surface area contributed by atoms with Crippen LogP contribution in [-0.4, -0.2) is 46.7 Å². The molecule has 0 unspecified atom stereocenters. The first-order valence-electron chi connectivity index (χ1n) is 13.0. The highest BCUT2D eigenvalue weighted by Crippen LogP contribution is 2.69. The van der Waals surface area contributed by atoms with Crippen LogP contribution in [0.25, 0.3) is 0 Å². The second kappa shape index (κ2) is 6.90. The molecule has 5 heteroatoms. The number of carbonyl (C=O) groups excluding carboxylic acids is 1. The molecule has 6 aliphatic rings. The first-order valence-corrected chi connectivity index (χ1v) is 13.0. The zero-order chi connectivity index (χ0) is 22.6. The van der Waals surface area contributed by atoms with Gasteiger partial charge in [0.1, 0.15) is 0 Å². The Bertz CT molecular complexity index is 843. The van der Waals surface area contributed by atoms with Gasteiger partial charge >= 0.3 is 0 Å². The van der Waals surface area contributed by atoms with Gasteiger partial charge in [0.2, 0.25) is 0 Å². The highest BCUT2D eigenvalue weighted by Gasteiger charge is 2.70. The molecule has 2 N–H and O–H groups in total. The van der Waals surface area contributed by atoms with Crippen molar-refractivity contribution in [3.8, 4) is 0 Å². The average Bonchev–Trinajstić information content (AvgIpc) is 3.19. The van der Waals surface area contributed by atoms with E-state index in [-0.39, 0.29) is 29.1 Å². The van der Waals surface area contributed by atoms with Gasteiger partial charge in [0.25, 0.3) is 0 Å². The molecule has 4 aliphatic carbocycles. The largest absolute Gasteiger partial charge is 0.390 e. The summed E-state index contributed by atoms with van der Waals surface area (Å²) in [6.45, 7) is 9.70. The molecule has 0 aromatic heterocycles. The van der Waals surface area contributed by atoms with Gasteiger partial charge in [0.05, 0.1) is 24.9 Å². The third kappa shape index (κ3) is 2.63. The van der Waals surface area contributed by atoms with Crippen LogP contribution in [0.5, 0.6) is 0 Å². The van der Waals surface area contributed by atoms with E-state index in [1.54, 1.807) is 0 Å². The Morgan fingerprint density at radius 3 is 2.56 bits per heavy atom. The number of hydrogen-bond acceptors (Lipinski definition) is 5. The quantitative estimate of drug-likeness (QED) is 0.593. The topological polar surface area (TPSA) is 76.0 Å². The van der Waals surface area contributed by atoms with Crippen molar-refractivity contribution < 1.29 is 24.5 Å². The van der Waals surface area contributed by atoms with Gasteiger partial charge in [-0.2, -0.15) is 0 Å². The molecule has 2 aliphatic heterocycles. The van der Waals surface area contributed by atoms with E-state index < -0.39 is 23.4 Å². The van der Waals surface area contributed by atoms with Crippen LogP contribution in [0.2, 0.25) is 0 Å². The maximum atomic E-state index is 13.9. The number of carbonyl (C=O) groups is 1. The van der Waals surface area contributed by atoms with Crippen molar-refractivity contribution in [2.75, 3.05) is 6.61 Å². The van der Waals surface area contributed by atoms with Crippen molar-refractivity contribution in [2.24, 2.45) is 46.3 Å². The Kier molecular flexibility index (Phi) is 4.69. The van der Waals surface area contributed by atoms with Crippen molar-refractivity contribution in [2.45, 2.75) is 96.7 Å². The van der Waals surface area contributed by atoms with Gasteiger partial charge in [-0.3, -0.25) is 4.79 Å². The van der Waals surface area contributed by atoms with Crippen LogP contribution in [0, 0.1) is 46.3 Å². The summed E-state index contributed by atoms with van der Waals surface area (Å²) in [6.07, 6.45) is 7.09. The van der Waals surface area contributed by atoms with Crippen molar-refractivity contribution in [1.82, 2.24) is 0 Å². The smallest absolute Gasteiger partial charge is 0.171 e. The number of rotatable bonds is 0. The van der Waals surface area contributed by atoms with Crippen LogP contribution in [0.15, 0.2) is 11.6 Å². The van der Waals surface area contributed by atoms with Crippen molar-refractivity contribution in [3.05, 3.63) is 11.6 Å². The lowest BCUT2D eigenvalue weighted by molar-refractivity contribution is -0.271. The number of aliphatic hydroxyl groups is 2. The Hall–Kier alpha value is -0.750. The van der Waals surface area contributed by atoms with E-state index in [9.17, 15) is 15.0 Å². The molecule has 178 valence electrons. The zero-order valence-corrected chi connectivity index (χ0v) is 20.0. The molecular formula is C27H40O5. The van der Waals surface area contributed by atoms with Crippen LogP contribution in [-0.2, 0) is 14.3 Å². The van der Waals surface area contributed by atoms with E-state index in [2.05, 4.69) is 27.7 Å².